The normalized spacial score (nSPS) is 11.8. The first-order chi connectivity index (χ1) is 13.9. The van der Waals surface area contributed by atoms with Crippen LogP contribution in [0, 0.1) is 5.82 Å². The van der Waals surface area contributed by atoms with Crippen LogP contribution in [-0.2, 0) is 11.2 Å². The summed E-state index contributed by atoms with van der Waals surface area (Å²) in [7, 11) is 0. The Bertz CT molecular complexity index is 1090. The molecular weight excluding hydrogens is 377 g/mol. The molecule has 3 aromatic rings. The van der Waals surface area contributed by atoms with Gasteiger partial charge < -0.3 is 10.4 Å². The van der Waals surface area contributed by atoms with Crippen molar-refractivity contribution in [1.29, 1.82) is 0 Å². The van der Waals surface area contributed by atoms with E-state index in [1.165, 1.54) is 18.2 Å². The van der Waals surface area contributed by atoms with Gasteiger partial charge in [-0.3, -0.25) is 19.5 Å². The topological polar surface area (TPSA) is 104 Å². The molecule has 0 saturated heterocycles. The molecule has 150 valence electrons. The number of halogens is 1. The number of amides is 1. The van der Waals surface area contributed by atoms with Crippen molar-refractivity contribution < 1.29 is 19.1 Å². The summed E-state index contributed by atoms with van der Waals surface area (Å²) in [4.78, 5) is 36.1. The predicted octanol–water partition coefficient (Wildman–Crippen LogP) is 2.81. The second kappa shape index (κ2) is 8.55. The minimum absolute atomic E-state index is 0.0196. The molecule has 2 aromatic carbocycles. The molecule has 8 heteroatoms. The van der Waals surface area contributed by atoms with E-state index >= 15 is 0 Å². The minimum atomic E-state index is -1.08. The number of aliphatic carboxylic acids is 1. The number of rotatable bonds is 7. The van der Waals surface area contributed by atoms with Crippen molar-refractivity contribution in [3.63, 3.8) is 0 Å². The van der Waals surface area contributed by atoms with Crippen LogP contribution in [0.25, 0.3) is 5.69 Å². The number of aryl methyl sites for hydroxylation is 1. The molecule has 29 heavy (non-hydrogen) atoms. The van der Waals surface area contributed by atoms with Gasteiger partial charge in [-0.25, -0.2) is 9.07 Å². The summed E-state index contributed by atoms with van der Waals surface area (Å²) < 4.78 is 14.9. The van der Waals surface area contributed by atoms with Crippen LogP contribution in [0.5, 0.6) is 0 Å². The van der Waals surface area contributed by atoms with E-state index in [0.717, 1.165) is 22.7 Å². The smallest absolute Gasteiger partial charge is 0.305 e. The molecule has 7 nitrogen and oxygen atoms in total. The fourth-order valence-corrected chi connectivity index (χ4v) is 2.97. The van der Waals surface area contributed by atoms with Crippen LogP contribution >= 0.6 is 0 Å². The highest BCUT2D eigenvalue weighted by Crippen LogP contribution is 2.19. The summed E-state index contributed by atoms with van der Waals surface area (Å²) in [5.74, 6) is -2.36. The maximum Gasteiger partial charge on any atom is 0.305 e. The second-order valence-corrected chi connectivity index (χ2v) is 6.51. The standard InChI is InChI=1S/C21H20FN3O4/c1-2-13-7-9-14(10-8-13)16(12-20(27)28)23-21(29)17-11-19(26)25(24-17)18-6-4-3-5-15(18)22/h3-11,16,24H,2,12H2,1H3,(H,23,29)(H,27,28). The lowest BCUT2D eigenvalue weighted by atomic mass is 10.0. The molecule has 0 aliphatic rings. The number of aromatic amines is 1. The Morgan fingerprint density at radius 1 is 1.17 bits per heavy atom. The molecular formula is C21H20FN3O4. The van der Waals surface area contributed by atoms with Gasteiger partial charge in [0.2, 0.25) is 0 Å². The number of benzene rings is 2. The third-order valence-corrected chi connectivity index (χ3v) is 4.53. The van der Waals surface area contributed by atoms with E-state index in [9.17, 15) is 23.9 Å². The monoisotopic (exact) mass is 397 g/mol. The molecule has 0 radical (unpaired) electrons. The minimum Gasteiger partial charge on any atom is -0.481 e. The zero-order valence-electron chi connectivity index (χ0n) is 15.7. The van der Waals surface area contributed by atoms with Crippen molar-refractivity contribution in [1.82, 2.24) is 15.1 Å². The third-order valence-electron chi connectivity index (χ3n) is 4.53. The summed E-state index contributed by atoms with van der Waals surface area (Å²) in [6.07, 6.45) is 0.510. The van der Waals surface area contributed by atoms with Crippen LogP contribution in [0.15, 0.2) is 59.4 Å². The first-order valence-electron chi connectivity index (χ1n) is 9.07. The van der Waals surface area contributed by atoms with Crippen LogP contribution in [0.1, 0.15) is 41.0 Å². The van der Waals surface area contributed by atoms with Crippen molar-refractivity contribution in [2.24, 2.45) is 0 Å². The number of carboxylic acid groups (broad SMARTS) is 1. The van der Waals surface area contributed by atoms with E-state index < -0.39 is 29.3 Å². The highest BCUT2D eigenvalue weighted by atomic mass is 19.1. The molecule has 1 heterocycles. The van der Waals surface area contributed by atoms with Gasteiger partial charge in [-0.2, -0.15) is 0 Å². The molecule has 1 aromatic heterocycles. The SMILES string of the molecule is CCc1ccc(C(CC(=O)O)NC(=O)c2cc(=O)n(-c3ccccc3F)[nH]2)cc1. The average Bonchev–Trinajstić information content (AvgIpc) is 3.09. The molecule has 1 amide bonds. The van der Waals surface area contributed by atoms with Gasteiger partial charge >= 0.3 is 5.97 Å². The van der Waals surface area contributed by atoms with Crippen LogP contribution < -0.4 is 10.9 Å². The molecule has 0 aliphatic heterocycles. The number of para-hydroxylation sites is 1. The fraction of sp³-hybridized carbons (Fsp3) is 0.190. The molecule has 0 saturated carbocycles. The number of carbonyl (C=O) groups is 2. The maximum atomic E-state index is 14.0. The molecule has 1 unspecified atom stereocenters. The largest absolute Gasteiger partial charge is 0.481 e. The summed E-state index contributed by atoms with van der Waals surface area (Å²) >= 11 is 0. The Balaban J connectivity index is 1.86. The van der Waals surface area contributed by atoms with Gasteiger partial charge in [-0.05, 0) is 29.7 Å². The van der Waals surface area contributed by atoms with E-state index in [1.807, 2.05) is 19.1 Å². The average molecular weight is 397 g/mol. The fourth-order valence-electron chi connectivity index (χ4n) is 2.97. The molecule has 3 N–H and O–H groups in total. The number of H-pyrrole nitrogens is 1. The van der Waals surface area contributed by atoms with Crippen molar-refractivity contribution in [2.45, 2.75) is 25.8 Å². The van der Waals surface area contributed by atoms with Gasteiger partial charge in [0.1, 0.15) is 17.2 Å². The predicted molar refractivity (Wildman–Crippen MR) is 105 cm³/mol. The first-order valence-corrected chi connectivity index (χ1v) is 9.07. The van der Waals surface area contributed by atoms with Crippen LogP contribution in [0.3, 0.4) is 0 Å². The Morgan fingerprint density at radius 3 is 2.48 bits per heavy atom. The molecule has 3 rings (SSSR count). The van der Waals surface area contributed by atoms with Crippen LogP contribution in [-0.4, -0.2) is 26.8 Å². The lowest BCUT2D eigenvalue weighted by molar-refractivity contribution is -0.137. The van der Waals surface area contributed by atoms with Gasteiger partial charge in [0.25, 0.3) is 11.5 Å². The van der Waals surface area contributed by atoms with E-state index in [4.69, 9.17) is 0 Å². The first kappa shape index (κ1) is 20.1. The zero-order chi connectivity index (χ0) is 21.0. The summed E-state index contributed by atoms with van der Waals surface area (Å²) in [5.41, 5.74) is 0.990. The Hall–Kier alpha value is -3.68. The van der Waals surface area contributed by atoms with Crippen LogP contribution in [0.4, 0.5) is 4.39 Å². The van der Waals surface area contributed by atoms with Gasteiger partial charge in [0, 0.05) is 6.07 Å². The maximum absolute atomic E-state index is 14.0. The molecule has 1 atom stereocenters. The summed E-state index contributed by atoms with van der Waals surface area (Å²) in [6, 6.07) is 13.2. The highest BCUT2D eigenvalue weighted by Gasteiger charge is 2.21. The van der Waals surface area contributed by atoms with Crippen molar-refractivity contribution in [2.75, 3.05) is 0 Å². The van der Waals surface area contributed by atoms with E-state index in [1.54, 1.807) is 18.2 Å². The van der Waals surface area contributed by atoms with Crippen molar-refractivity contribution in [3.8, 4) is 5.69 Å². The van der Waals surface area contributed by atoms with Crippen LogP contribution in [0.2, 0.25) is 0 Å². The lowest BCUT2D eigenvalue weighted by Crippen LogP contribution is -2.30. The number of hydrogen-bond donors (Lipinski definition) is 3. The molecule has 0 spiro atoms. The molecule has 0 aliphatic carbocycles. The summed E-state index contributed by atoms with van der Waals surface area (Å²) in [5, 5.41) is 14.4. The molecule has 0 bridgehead atoms. The highest BCUT2D eigenvalue weighted by molar-refractivity contribution is 5.92. The van der Waals surface area contributed by atoms with Crippen molar-refractivity contribution in [3.05, 3.63) is 87.6 Å². The number of hydrogen-bond acceptors (Lipinski definition) is 3. The van der Waals surface area contributed by atoms with Gasteiger partial charge in [-0.1, -0.05) is 43.3 Å². The number of nitrogens with zero attached hydrogens (tertiary/aromatic N) is 1. The number of carboxylic acids is 1. The van der Waals surface area contributed by atoms with Gasteiger partial charge in [0.05, 0.1) is 12.5 Å². The van der Waals surface area contributed by atoms with Gasteiger partial charge in [0.15, 0.2) is 0 Å². The quantitative estimate of drug-likeness (QED) is 0.570. The molecule has 0 fully saturated rings. The van der Waals surface area contributed by atoms with Gasteiger partial charge in [-0.15, -0.1) is 0 Å². The second-order valence-electron chi connectivity index (χ2n) is 6.51. The van der Waals surface area contributed by atoms with Crippen molar-refractivity contribution >= 4 is 11.9 Å². The number of carbonyl (C=O) groups excluding carboxylic acids is 1. The van der Waals surface area contributed by atoms with E-state index in [2.05, 4.69) is 10.4 Å². The Morgan fingerprint density at radius 2 is 1.86 bits per heavy atom. The summed E-state index contributed by atoms with van der Waals surface area (Å²) in [6.45, 7) is 2.00. The number of nitrogens with one attached hydrogen (secondary N) is 2. The number of aromatic nitrogens is 2. The Labute approximate surface area is 165 Å². The lowest BCUT2D eigenvalue weighted by Gasteiger charge is -2.17. The third kappa shape index (κ3) is 4.60. The van der Waals surface area contributed by atoms with E-state index in [-0.39, 0.29) is 17.8 Å². The van der Waals surface area contributed by atoms with E-state index in [0.29, 0.717) is 5.56 Å². The Kier molecular flexibility index (Phi) is 5.92. The zero-order valence-corrected chi connectivity index (χ0v) is 15.7.